The first-order valence-electron chi connectivity index (χ1n) is 10.1. The molecule has 0 bridgehead atoms. The number of rotatable bonds is 7. The molecule has 0 saturated carbocycles. The molecule has 0 aliphatic rings. The number of benzene rings is 3. The third-order valence-corrected chi connectivity index (χ3v) is 6.83. The molecule has 3 aromatic carbocycles. The van der Waals surface area contributed by atoms with E-state index in [0.29, 0.717) is 16.7 Å². The molecule has 0 N–H and O–H groups in total. The summed E-state index contributed by atoms with van der Waals surface area (Å²) in [6, 6.07) is 19.7. The summed E-state index contributed by atoms with van der Waals surface area (Å²) >= 11 is 0. The molecule has 0 unspecified atom stereocenters. The van der Waals surface area contributed by atoms with Gasteiger partial charge < -0.3 is 14.5 Å². The number of ether oxygens (including phenoxy) is 1. The van der Waals surface area contributed by atoms with Crippen LogP contribution in [0.1, 0.15) is 15.9 Å². The third-order valence-electron chi connectivity index (χ3n) is 5.13. The lowest BCUT2D eigenvalue weighted by molar-refractivity contribution is 0.0827. The van der Waals surface area contributed by atoms with Crippen molar-refractivity contribution in [2.24, 2.45) is 0 Å². The number of hydrogen-bond acceptors (Lipinski definition) is 5. The van der Waals surface area contributed by atoms with Crippen molar-refractivity contribution in [2.75, 3.05) is 40.2 Å². The van der Waals surface area contributed by atoms with Gasteiger partial charge in [0.05, 0.1) is 12.9 Å². The standard InChI is InChI=1S/C25H28N2O4S/c1-26(2)22-11-6-8-18(14-22)17-32(29,30)24-16-20(12-13-23(24)31-5)19-9-7-10-21(15-19)25(28)27(3)4/h6-16H,17H2,1-5H3. The molecule has 7 heteroatoms. The topological polar surface area (TPSA) is 66.9 Å². The van der Waals surface area contributed by atoms with Crippen molar-refractivity contribution in [3.63, 3.8) is 0 Å². The minimum absolute atomic E-state index is 0.117. The Morgan fingerprint density at radius 1 is 0.875 bits per heavy atom. The highest BCUT2D eigenvalue weighted by Crippen LogP contribution is 2.32. The van der Waals surface area contributed by atoms with Crippen LogP contribution in [0.25, 0.3) is 11.1 Å². The molecule has 0 radical (unpaired) electrons. The molecular weight excluding hydrogens is 424 g/mol. The maximum atomic E-state index is 13.4. The second-order valence-electron chi connectivity index (χ2n) is 7.97. The number of hydrogen-bond donors (Lipinski definition) is 0. The second kappa shape index (κ2) is 9.44. The predicted octanol–water partition coefficient (Wildman–Crippen LogP) is 4.10. The van der Waals surface area contributed by atoms with Crippen LogP contribution in [0.5, 0.6) is 5.75 Å². The zero-order chi connectivity index (χ0) is 23.5. The average Bonchev–Trinajstić information content (AvgIpc) is 2.78. The van der Waals surface area contributed by atoms with Crippen LogP contribution < -0.4 is 9.64 Å². The summed E-state index contributed by atoms with van der Waals surface area (Å²) in [7, 11) is 4.98. The molecule has 0 aromatic heterocycles. The van der Waals surface area contributed by atoms with Gasteiger partial charge in [-0.05, 0) is 53.1 Å². The first kappa shape index (κ1) is 23.3. The summed E-state index contributed by atoms with van der Waals surface area (Å²) in [5.41, 5.74) is 3.61. The zero-order valence-corrected chi connectivity index (χ0v) is 19.8. The van der Waals surface area contributed by atoms with Crippen molar-refractivity contribution < 1.29 is 17.9 Å². The molecule has 0 heterocycles. The molecular formula is C25H28N2O4S. The van der Waals surface area contributed by atoms with Crippen molar-refractivity contribution in [2.45, 2.75) is 10.6 Å². The Kier molecular flexibility index (Phi) is 6.89. The Balaban J connectivity index is 2.02. The number of amides is 1. The molecule has 0 aliphatic carbocycles. The fourth-order valence-electron chi connectivity index (χ4n) is 3.41. The Bertz CT molecular complexity index is 1230. The third kappa shape index (κ3) is 5.11. The first-order chi connectivity index (χ1) is 15.1. The first-order valence-corrected chi connectivity index (χ1v) is 11.8. The Morgan fingerprint density at radius 2 is 1.56 bits per heavy atom. The lowest BCUT2D eigenvalue weighted by atomic mass is 10.0. The Hall–Kier alpha value is -3.32. The molecule has 0 aliphatic heterocycles. The van der Waals surface area contributed by atoms with E-state index in [0.717, 1.165) is 11.3 Å². The van der Waals surface area contributed by atoms with Gasteiger partial charge in [-0.3, -0.25) is 4.79 Å². The minimum Gasteiger partial charge on any atom is -0.495 e. The van der Waals surface area contributed by atoms with Crippen LogP contribution in [-0.2, 0) is 15.6 Å². The molecule has 3 aromatic rings. The quantitative estimate of drug-likeness (QED) is 0.540. The Labute approximate surface area is 190 Å². The van der Waals surface area contributed by atoms with Gasteiger partial charge in [0.2, 0.25) is 0 Å². The molecule has 3 rings (SSSR count). The number of carbonyl (C=O) groups is 1. The van der Waals surface area contributed by atoms with Crippen LogP contribution >= 0.6 is 0 Å². The van der Waals surface area contributed by atoms with E-state index in [1.807, 2.05) is 43.3 Å². The van der Waals surface area contributed by atoms with E-state index in [1.54, 1.807) is 56.6 Å². The van der Waals surface area contributed by atoms with Gasteiger partial charge >= 0.3 is 0 Å². The van der Waals surface area contributed by atoms with Crippen molar-refractivity contribution in [3.05, 3.63) is 77.9 Å². The minimum atomic E-state index is -3.69. The largest absolute Gasteiger partial charge is 0.495 e. The maximum absolute atomic E-state index is 13.4. The van der Waals surface area contributed by atoms with Gasteiger partial charge in [-0.1, -0.05) is 30.3 Å². The van der Waals surface area contributed by atoms with Crippen LogP contribution in [0.15, 0.2) is 71.6 Å². The van der Waals surface area contributed by atoms with Crippen LogP contribution in [0.3, 0.4) is 0 Å². The van der Waals surface area contributed by atoms with Gasteiger partial charge in [-0.25, -0.2) is 8.42 Å². The zero-order valence-electron chi connectivity index (χ0n) is 19.0. The van der Waals surface area contributed by atoms with E-state index in [9.17, 15) is 13.2 Å². The summed E-state index contributed by atoms with van der Waals surface area (Å²) in [5, 5.41) is 0. The van der Waals surface area contributed by atoms with Gasteiger partial charge in [0.1, 0.15) is 10.6 Å². The van der Waals surface area contributed by atoms with E-state index in [2.05, 4.69) is 0 Å². The summed E-state index contributed by atoms with van der Waals surface area (Å²) in [4.78, 5) is 15.9. The average molecular weight is 453 g/mol. The number of carbonyl (C=O) groups excluding carboxylic acids is 1. The van der Waals surface area contributed by atoms with Gasteiger partial charge in [-0.15, -0.1) is 0 Å². The monoisotopic (exact) mass is 452 g/mol. The van der Waals surface area contributed by atoms with E-state index in [1.165, 1.54) is 12.0 Å². The summed E-state index contributed by atoms with van der Waals surface area (Å²) in [6.07, 6.45) is 0. The molecule has 168 valence electrons. The summed E-state index contributed by atoms with van der Waals surface area (Å²) < 4.78 is 32.1. The van der Waals surface area contributed by atoms with Crippen molar-refractivity contribution >= 4 is 21.4 Å². The van der Waals surface area contributed by atoms with Gasteiger partial charge in [-0.2, -0.15) is 0 Å². The van der Waals surface area contributed by atoms with E-state index >= 15 is 0 Å². The number of sulfone groups is 1. The highest BCUT2D eigenvalue weighted by atomic mass is 32.2. The SMILES string of the molecule is COc1ccc(-c2cccc(C(=O)N(C)C)c2)cc1S(=O)(=O)Cc1cccc(N(C)C)c1. The van der Waals surface area contributed by atoms with Crippen LogP contribution in [-0.4, -0.2) is 54.5 Å². The smallest absolute Gasteiger partial charge is 0.253 e. The van der Waals surface area contributed by atoms with Crippen molar-refractivity contribution in [1.82, 2.24) is 4.90 Å². The van der Waals surface area contributed by atoms with Crippen molar-refractivity contribution in [3.8, 4) is 16.9 Å². The normalized spacial score (nSPS) is 11.2. The van der Waals surface area contributed by atoms with Gasteiger partial charge in [0.15, 0.2) is 9.84 Å². The summed E-state index contributed by atoms with van der Waals surface area (Å²) in [6.45, 7) is 0. The molecule has 6 nitrogen and oxygen atoms in total. The summed E-state index contributed by atoms with van der Waals surface area (Å²) in [5.74, 6) is 0.0280. The predicted molar refractivity (Wildman–Crippen MR) is 128 cm³/mol. The molecule has 32 heavy (non-hydrogen) atoms. The fourth-order valence-corrected chi connectivity index (χ4v) is 4.95. The number of nitrogens with zero attached hydrogens (tertiary/aromatic N) is 2. The van der Waals surface area contributed by atoms with Crippen molar-refractivity contribution in [1.29, 1.82) is 0 Å². The molecule has 0 saturated heterocycles. The molecule has 0 fully saturated rings. The second-order valence-corrected chi connectivity index (χ2v) is 9.93. The van der Waals surface area contributed by atoms with Crippen LogP contribution in [0, 0.1) is 0 Å². The van der Waals surface area contributed by atoms with E-state index < -0.39 is 9.84 Å². The number of anilines is 1. The van der Waals surface area contributed by atoms with E-state index in [-0.39, 0.29) is 22.3 Å². The fraction of sp³-hybridized carbons (Fsp3) is 0.240. The Morgan fingerprint density at radius 3 is 2.22 bits per heavy atom. The molecule has 0 spiro atoms. The number of methoxy groups -OCH3 is 1. The molecule has 0 atom stereocenters. The highest BCUT2D eigenvalue weighted by Gasteiger charge is 2.22. The van der Waals surface area contributed by atoms with Gasteiger partial charge in [0, 0.05) is 39.4 Å². The highest BCUT2D eigenvalue weighted by molar-refractivity contribution is 7.90. The lowest BCUT2D eigenvalue weighted by Crippen LogP contribution is -2.21. The van der Waals surface area contributed by atoms with Gasteiger partial charge in [0.25, 0.3) is 5.91 Å². The van der Waals surface area contributed by atoms with Crippen LogP contribution in [0.4, 0.5) is 5.69 Å². The lowest BCUT2D eigenvalue weighted by Gasteiger charge is -2.15. The van der Waals surface area contributed by atoms with Crippen LogP contribution in [0.2, 0.25) is 0 Å². The maximum Gasteiger partial charge on any atom is 0.253 e. The van der Waals surface area contributed by atoms with E-state index in [4.69, 9.17) is 4.74 Å². The molecule has 1 amide bonds.